The maximum atomic E-state index is 9.56. The average molecular weight is 290 g/mol. The topological polar surface area (TPSA) is 23.5 Å². The van der Waals surface area contributed by atoms with Crippen LogP contribution in [0.25, 0.3) is 0 Å². The first-order chi connectivity index (χ1) is 9.58. The van der Waals surface area contributed by atoms with Gasteiger partial charge >= 0.3 is 0 Å². The lowest BCUT2D eigenvalue weighted by Crippen LogP contribution is -2.20. The van der Waals surface area contributed by atoms with Crippen molar-refractivity contribution in [3.05, 3.63) is 64.7 Å². The van der Waals surface area contributed by atoms with Crippen molar-refractivity contribution in [2.45, 2.75) is 19.4 Å². The van der Waals surface area contributed by atoms with Crippen molar-refractivity contribution in [1.82, 2.24) is 0 Å². The summed E-state index contributed by atoms with van der Waals surface area (Å²) in [5.41, 5.74) is 3.15. The number of halogens is 1. The molecule has 0 amide bonds. The number of rotatable bonds is 5. The summed E-state index contributed by atoms with van der Waals surface area (Å²) in [5, 5.41) is 10.2. The smallest absolute Gasteiger partial charge is 0.0762 e. The molecule has 20 heavy (non-hydrogen) atoms. The SMILES string of the molecule is CC(O)c1ccc(N(C)CCc2ccccc2)c(Cl)c1. The molecule has 0 aliphatic heterocycles. The van der Waals surface area contributed by atoms with E-state index in [1.54, 1.807) is 6.92 Å². The van der Waals surface area contributed by atoms with E-state index in [1.807, 2.05) is 31.3 Å². The van der Waals surface area contributed by atoms with Crippen LogP contribution in [0.2, 0.25) is 5.02 Å². The lowest BCUT2D eigenvalue weighted by Gasteiger charge is -2.21. The van der Waals surface area contributed by atoms with Crippen LogP contribution >= 0.6 is 11.6 Å². The van der Waals surface area contributed by atoms with Gasteiger partial charge in [0.05, 0.1) is 16.8 Å². The van der Waals surface area contributed by atoms with Crippen LogP contribution < -0.4 is 4.90 Å². The van der Waals surface area contributed by atoms with E-state index in [0.717, 1.165) is 24.2 Å². The molecule has 3 heteroatoms. The van der Waals surface area contributed by atoms with Gasteiger partial charge in [0.2, 0.25) is 0 Å². The van der Waals surface area contributed by atoms with Crippen LogP contribution in [-0.2, 0) is 6.42 Å². The molecule has 0 saturated heterocycles. The van der Waals surface area contributed by atoms with Gasteiger partial charge in [0.1, 0.15) is 0 Å². The number of anilines is 1. The first-order valence-electron chi connectivity index (χ1n) is 6.80. The van der Waals surface area contributed by atoms with Gasteiger partial charge < -0.3 is 10.0 Å². The van der Waals surface area contributed by atoms with Gasteiger partial charge in [0.25, 0.3) is 0 Å². The highest BCUT2D eigenvalue weighted by molar-refractivity contribution is 6.33. The second-order valence-corrected chi connectivity index (χ2v) is 5.45. The van der Waals surface area contributed by atoms with Gasteiger partial charge in [-0.05, 0) is 36.6 Å². The van der Waals surface area contributed by atoms with Crippen molar-refractivity contribution < 1.29 is 5.11 Å². The summed E-state index contributed by atoms with van der Waals surface area (Å²) < 4.78 is 0. The minimum Gasteiger partial charge on any atom is -0.389 e. The van der Waals surface area contributed by atoms with Gasteiger partial charge in [0.15, 0.2) is 0 Å². The van der Waals surface area contributed by atoms with Crippen LogP contribution in [0.3, 0.4) is 0 Å². The Morgan fingerprint density at radius 2 is 1.85 bits per heavy atom. The molecule has 0 aromatic heterocycles. The molecule has 0 saturated carbocycles. The van der Waals surface area contributed by atoms with Crippen LogP contribution in [0.5, 0.6) is 0 Å². The molecule has 0 spiro atoms. The number of hydrogen-bond acceptors (Lipinski definition) is 2. The van der Waals surface area contributed by atoms with Gasteiger partial charge in [-0.3, -0.25) is 0 Å². The summed E-state index contributed by atoms with van der Waals surface area (Å²) in [7, 11) is 2.03. The van der Waals surface area contributed by atoms with Crippen LogP contribution in [0.4, 0.5) is 5.69 Å². The Hall–Kier alpha value is -1.51. The number of aliphatic hydroxyl groups is 1. The molecule has 0 radical (unpaired) electrons. The van der Waals surface area contributed by atoms with Crippen molar-refractivity contribution in [2.24, 2.45) is 0 Å². The Bertz CT molecular complexity index is 554. The number of benzene rings is 2. The molecule has 2 nitrogen and oxygen atoms in total. The van der Waals surface area contributed by atoms with Crippen LogP contribution in [0, 0.1) is 0 Å². The predicted octanol–water partition coefficient (Wildman–Crippen LogP) is 4.07. The van der Waals surface area contributed by atoms with E-state index in [0.29, 0.717) is 5.02 Å². The van der Waals surface area contributed by atoms with Gasteiger partial charge in [-0.15, -0.1) is 0 Å². The van der Waals surface area contributed by atoms with Crippen LogP contribution in [0.1, 0.15) is 24.2 Å². The van der Waals surface area contributed by atoms with Gasteiger partial charge in [-0.1, -0.05) is 48.0 Å². The molecule has 0 fully saturated rings. The molecule has 106 valence electrons. The normalized spacial score (nSPS) is 12.2. The minimum absolute atomic E-state index is 0.490. The summed E-state index contributed by atoms with van der Waals surface area (Å²) in [6.45, 7) is 2.64. The maximum Gasteiger partial charge on any atom is 0.0762 e. The highest BCUT2D eigenvalue weighted by Crippen LogP contribution is 2.28. The van der Waals surface area contributed by atoms with Crippen LogP contribution in [-0.4, -0.2) is 18.7 Å². The summed E-state index contributed by atoms with van der Waals surface area (Å²) in [4.78, 5) is 2.14. The Balaban J connectivity index is 2.04. The molecular formula is C17H20ClNO. The van der Waals surface area contributed by atoms with Gasteiger partial charge in [-0.2, -0.15) is 0 Å². The third-order valence-electron chi connectivity index (χ3n) is 3.44. The minimum atomic E-state index is -0.490. The van der Waals surface area contributed by atoms with Crippen molar-refractivity contribution in [3.8, 4) is 0 Å². The fourth-order valence-corrected chi connectivity index (χ4v) is 2.49. The summed E-state index contributed by atoms with van der Waals surface area (Å²) in [6, 6.07) is 16.1. The number of likely N-dealkylation sites (N-methyl/N-ethyl adjacent to an activating group) is 1. The Morgan fingerprint density at radius 3 is 2.45 bits per heavy atom. The third kappa shape index (κ3) is 3.75. The largest absolute Gasteiger partial charge is 0.389 e. The molecule has 0 aliphatic carbocycles. The first kappa shape index (κ1) is 14.9. The Kier molecular flexibility index (Phi) is 5.05. The highest BCUT2D eigenvalue weighted by atomic mass is 35.5. The monoisotopic (exact) mass is 289 g/mol. The summed E-state index contributed by atoms with van der Waals surface area (Å²) in [5.74, 6) is 0. The van der Waals surface area contributed by atoms with E-state index >= 15 is 0 Å². The average Bonchev–Trinajstić information content (AvgIpc) is 2.45. The van der Waals surface area contributed by atoms with Crippen molar-refractivity contribution >= 4 is 17.3 Å². The number of nitrogens with zero attached hydrogens (tertiary/aromatic N) is 1. The van der Waals surface area contributed by atoms with Crippen molar-refractivity contribution in [3.63, 3.8) is 0 Å². The standard InChI is InChI=1S/C17H20ClNO/c1-13(20)15-8-9-17(16(18)12-15)19(2)11-10-14-6-4-3-5-7-14/h3-9,12-13,20H,10-11H2,1-2H3. The van der Waals surface area contributed by atoms with Gasteiger partial charge in [-0.25, -0.2) is 0 Å². The highest BCUT2D eigenvalue weighted by Gasteiger charge is 2.09. The van der Waals surface area contributed by atoms with E-state index in [1.165, 1.54) is 5.56 Å². The number of hydrogen-bond donors (Lipinski definition) is 1. The molecule has 1 N–H and O–H groups in total. The second-order valence-electron chi connectivity index (χ2n) is 5.04. The molecule has 2 aromatic carbocycles. The van der Waals surface area contributed by atoms with E-state index < -0.39 is 6.10 Å². The molecule has 1 atom stereocenters. The quantitative estimate of drug-likeness (QED) is 0.897. The Morgan fingerprint density at radius 1 is 1.15 bits per heavy atom. The zero-order valence-corrected chi connectivity index (χ0v) is 12.6. The van der Waals surface area contributed by atoms with E-state index in [4.69, 9.17) is 11.6 Å². The molecule has 0 heterocycles. The predicted molar refractivity (Wildman–Crippen MR) is 85.5 cm³/mol. The van der Waals surface area contributed by atoms with E-state index in [-0.39, 0.29) is 0 Å². The zero-order chi connectivity index (χ0) is 14.5. The Labute approximate surface area is 125 Å². The van der Waals surface area contributed by atoms with Gasteiger partial charge in [0, 0.05) is 13.6 Å². The molecule has 0 bridgehead atoms. The molecule has 2 rings (SSSR count). The molecule has 1 unspecified atom stereocenters. The summed E-state index contributed by atoms with van der Waals surface area (Å²) >= 11 is 6.30. The fourth-order valence-electron chi connectivity index (χ4n) is 2.15. The molecule has 2 aromatic rings. The van der Waals surface area contributed by atoms with E-state index in [2.05, 4.69) is 29.2 Å². The third-order valence-corrected chi connectivity index (χ3v) is 3.75. The molecular weight excluding hydrogens is 270 g/mol. The first-order valence-corrected chi connectivity index (χ1v) is 7.18. The van der Waals surface area contributed by atoms with E-state index in [9.17, 15) is 5.11 Å². The molecule has 0 aliphatic rings. The lowest BCUT2D eigenvalue weighted by atomic mass is 10.1. The van der Waals surface area contributed by atoms with Crippen LogP contribution in [0.15, 0.2) is 48.5 Å². The maximum absolute atomic E-state index is 9.56. The summed E-state index contributed by atoms with van der Waals surface area (Å²) in [6.07, 6.45) is 0.488. The second kappa shape index (κ2) is 6.78. The lowest BCUT2D eigenvalue weighted by molar-refractivity contribution is 0.199. The van der Waals surface area contributed by atoms with Crippen molar-refractivity contribution in [2.75, 3.05) is 18.5 Å². The van der Waals surface area contributed by atoms with Crippen molar-refractivity contribution in [1.29, 1.82) is 0 Å². The fraction of sp³-hybridized carbons (Fsp3) is 0.294. The zero-order valence-electron chi connectivity index (χ0n) is 11.9. The number of aliphatic hydroxyl groups excluding tert-OH is 1.